The second-order valence-corrected chi connectivity index (χ2v) is 3.46. The number of nitrogens with zero attached hydrogens (tertiary/aromatic N) is 4. The van der Waals surface area contributed by atoms with Crippen LogP contribution in [0.4, 0.5) is 5.69 Å². The first-order valence-corrected chi connectivity index (χ1v) is 5.17. The predicted octanol–water partition coefficient (Wildman–Crippen LogP) is 0.535. The Kier molecular flexibility index (Phi) is 3.67. The third-order valence-electron chi connectivity index (χ3n) is 2.06. The molecule has 0 aliphatic carbocycles. The molecule has 2 heterocycles. The summed E-state index contributed by atoms with van der Waals surface area (Å²) in [5.74, 6) is 0.0378. The molecule has 0 saturated carbocycles. The molecular weight excluding hydrogens is 254 g/mol. The predicted molar refractivity (Wildman–Crippen MR) is 63.3 cm³/mol. The van der Waals surface area contributed by atoms with Crippen molar-refractivity contribution < 1.29 is 14.1 Å². The molecule has 0 bridgehead atoms. The molecule has 9 nitrogen and oxygen atoms in total. The largest absolute Gasteiger partial charge is 0.463 e. The molecule has 9 heteroatoms. The second kappa shape index (κ2) is 5.58. The van der Waals surface area contributed by atoms with E-state index in [1.54, 1.807) is 12.1 Å². The molecule has 98 valence electrons. The lowest BCUT2D eigenvalue weighted by Gasteiger charge is -1.98. The van der Waals surface area contributed by atoms with Crippen molar-refractivity contribution >= 4 is 17.8 Å². The minimum Gasteiger partial charge on any atom is -0.463 e. The van der Waals surface area contributed by atoms with Gasteiger partial charge in [0.05, 0.1) is 17.4 Å². The Balaban J connectivity index is 1.85. The molecule has 0 spiro atoms. The minimum atomic E-state index is -0.587. The van der Waals surface area contributed by atoms with Gasteiger partial charge in [0, 0.05) is 0 Å². The van der Waals surface area contributed by atoms with E-state index >= 15 is 0 Å². The number of aromatic nitrogens is 2. The molecule has 0 unspecified atom stereocenters. The maximum atomic E-state index is 11.4. The van der Waals surface area contributed by atoms with Crippen LogP contribution in [0.25, 0.3) is 0 Å². The minimum absolute atomic E-state index is 0.163. The highest BCUT2D eigenvalue weighted by Gasteiger charge is 2.10. The summed E-state index contributed by atoms with van der Waals surface area (Å²) in [6.45, 7) is -0.163. The fourth-order valence-corrected chi connectivity index (χ4v) is 1.25. The van der Waals surface area contributed by atoms with Crippen molar-refractivity contribution in [1.29, 1.82) is 0 Å². The number of hydrogen-bond acceptors (Lipinski definition) is 6. The molecule has 0 aromatic carbocycles. The molecule has 2 aromatic heterocycles. The van der Waals surface area contributed by atoms with Gasteiger partial charge in [0.15, 0.2) is 0 Å². The molecule has 1 amide bonds. The van der Waals surface area contributed by atoms with Gasteiger partial charge in [0.1, 0.15) is 24.7 Å². The highest BCUT2D eigenvalue weighted by Crippen LogP contribution is 2.07. The maximum Gasteiger partial charge on any atom is 0.307 e. The summed E-state index contributed by atoms with van der Waals surface area (Å²) in [7, 11) is 0. The summed E-state index contributed by atoms with van der Waals surface area (Å²) in [6.07, 6.45) is 5.05. The van der Waals surface area contributed by atoms with Crippen molar-refractivity contribution in [2.45, 2.75) is 6.54 Å². The van der Waals surface area contributed by atoms with E-state index in [9.17, 15) is 14.9 Å². The van der Waals surface area contributed by atoms with Crippen LogP contribution in [0.1, 0.15) is 5.76 Å². The van der Waals surface area contributed by atoms with Crippen LogP contribution in [0.2, 0.25) is 0 Å². The lowest BCUT2D eigenvalue weighted by molar-refractivity contribution is -0.385. The highest BCUT2D eigenvalue weighted by atomic mass is 16.6. The summed E-state index contributed by atoms with van der Waals surface area (Å²) in [5.41, 5.74) is 2.07. The molecule has 19 heavy (non-hydrogen) atoms. The molecule has 0 aliphatic heterocycles. The first-order chi connectivity index (χ1) is 9.15. The van der Waals surface area contributed by atoms with Gasteiger partial charge in [0.25, 0.3) is 5.91 Å². The quantitative estimate of drug-likeness (QED) is 0.480. The van der Waals surface area contributed by atoms with Crippen LogP contribution in [0, 0.1) is 10.1 Å². The number of rotatable bonds is 5. The number of amides is 1. The summed E-state index contributed by atoms with van der Waals surface area (Å²) in [6, 6.07) is 3.36. The molecule has 0 saturated heterocycles. The first-order valence-electron chi connectivity index (χ1n) is 5.17. The van der Waals surface area contributed by atoms with E-state index in [1.807, 2.05) is 0 Å². The molecule has 2 rings (SSSR count). The molecule has 0 aliphatic rings. The van der Waals surface area contributed by atoms with Gasteiger partial charge in [-0.2, -0.15) is 10.2 Å². The van der Waals surface area contributed by atoms with Crippen molar-refractivity contribution in [1.82, 2.24) is 15.2 Å². The average Bonchev–Trinajstić information content (AvgIpc) is 3.00. The van der Waals surface area contributed by atoms with Crippen LogP contribution in [-0.2, 0) is 11.3 Å². The summed E-state index contributed by atoms with van der Waals surface area (Å²) < 4.78 is 6.12. The number of hydrogen-bond donors (Lipinski definition) is 1. The summed E-state index contributed by atoms with van der Waals surface area (Å²) in [4.78, 5) is 21.3. The van der Waals surface area contributed by atoms with Gasteiger partial charge in [0.2, 0.25) is 0 Å². The van der Waals surface area contributed by atoms with Gasteiger partial charge < -0.3 is 4.42 Å². The van der Waals surface area contributed by atoms with Crippen molar-refractivity contribution in [3.63, 3.8) is 0 Å². The number of carbonyl (C=O) groups is 1. The molecule has 1 N–H and O–H groups in total. The van der Waals surface area contributed by atoms with Crippen LogP contribution in [0.5, 0.6) is 0 Å². The van der Waals surface area contributed by atoms with E-state index < -0.39 is 10.8 Å². The Morgan fingerprint density at radius 3 is 3.16 bits per heavy atom. The molecule has 0 radical (unpaired) electrons. The second-order valence-electron chi connectivity index (χ2n) is 3.46. The summed E-state index contributed by atoms with van der Waals surface area (Å²) in [5, 5.41) is 17.8. The van der Waals surface area contributed by atoms with Crippen molar-refractivity contribution in [2.24, 2.45) is 5.10 Å². The zero-order chi connectivity index (χ0) is 13.7. The van der Waals surface area contributed by atoms with Crippen LogP contribution < -0.4 is 5.43 Å². The number of nitrogens with one attached hydrogen (secondary N) is 1. The van der Waals surface area contributed by atoms with Gasteiger partial charge in [-0.3, -0.25) is 19.6 Å². The highest BCUT2D eigenvalue weighted by molar-refractivity contribution is 5.80. The third kappa shape index (κ3) is 3.49. The molecule has 2 aromatic rings. The number of carbonyl (C=O) groups excluding carboxylic acids is 1. The van der Waals surface area contributed by atoms with E-state index in [1.165, 1.54) is 12.5 Å². The van der Waals surface area contributed by atoms with E-state index in [4.69, 9.17) is 4.42 Å². The molecule has 0 atom stereocenters. The first kappa shape index (κ1) is 12.5. The Morgan fingerprint density at radius 1 is 1.68 bits per heavy atom. The SMILES string of the molecule is O=C(Cn1cc([N+](=O)[O-])cn1)N/N=C/c1ccco1. The van der Waals surface area contributed by atoms with Gasteiger partial charge in [-0.15, -0.1) is 0 Å². The van der Waals surface area contributed by atoms with Crippen molar-refractivity contribution in [2.75, 3.05) is 0 Å². The van der Waals surface area contributed by atoms with E-state index in [0.717, 1.165) is 17.1 Å². The standard InChI is InChI=1S/C10H9N5O4/c16-10(13-11-5-9-2-1-3-19-9)7-14-6-8(4-12-14)15(17)18/h1-6H,7H2,(H,13,16)/b11-5+. The monoisotopic (exact) mass is 263 g/mol. The lowest BCUT2D eigenvalue weighted by atomic mass is 10.5. The average molecular weight is 263 g/mol. The van der Waals surface area contributed by atoms with E-state index in [2.05, 4.69) is 15.6 Å². The van der Waals surface area contributed by atoms with Crippen LogP contribution in [0.15, 0.2) is 40.3 Å². The lowest BCUT2D eigenvalue weighted by Crippen LogP contribution is -2.23. The zero-order valence-corrected chi connectivity index (χ0v) is 9.59. The molecule has 0 fully saturated rings. The Morgan fingerprint density at radius 2 is 2.53 bits per heavy atom. The fraction of sp³-hybridized carbons (Fsp3) is 0.100. The van der Waals surface area contributed by atoms with Gasteiger partial charge >= 0.3 is 5.69 Å². The summed E-state index contributed by atoms with van der Waals surface area (Å²) >= 11 is 0. The Bertz CT molecular complexity index is 601. The van der Waals surface area contributed by atoms with Crippen LogP contribution in [0.3, 0.4) is 0 Å². The fourth-order valence-electron chi connectivity index (χ4n) is 1.25. The topological polar surface area (TPSA) is 116 Å². The Hall–Kier alpha value is -2.97. The molecular formula is C10H9N5O4. The van der Waals surface area contributed by atoms with Gasteiger partial charge in [-0.1, -0.05) is 0 Å². The third-order valence-corrected chi connectivity index (χ3v) is 2.06. The zero-order valence-electron chi connectivity index (χ0n) is 9.59. The van der Waals surface area contributed by atoms with E-state index in [0.29, 0.717) is 5.76 Å². The number of nitro groups is 1. The van der Waals surface area contributed by atoms with E-state index in [-0.39, 0.29) is 12.2 Å². The van der Waals surface area contributed by atoms with Crippen LogP contribution >= 0.6 is 0 Å². The normalized spacial score (nSPS) is 10.7. The van der Waals surface area contributed by atoms with Crippen molar-refractivity contribution in [3.8, 4) is 0 Å². The smallest absolute Gasteiger partial charge is 0.307 e. The number of furan rings is 1. The maximum absolute atomic E-state index is 11.4. The van der Waals surface area contributed by atoms with Gasteiger partial charge in [-0.25, -0.2) is 5.43 Å². The van der Waals surface area contributed by atoms with Gasteiger partial charge in [-0.05, 0) is 12.1 Å². The van der Waals surface area contributed by atoms with Crippen molar-refractivity contribution in [3.05, 3.63) is 46.7 Å². The Labute approximate surface area is 106 Å². The number of hydrazone groups is 1. The van der Waals surface area contributed by atoms with Crippen LogP contribution in [-0.4, -0.2) is 26.8 Å².